The average Bonchev–Trinajstić information content (AvgIpc) is 2.76. The van der Waals surface area contributed by atoms with Crippen molar-refractivity contribution in [3.63, 3.8) is 0 Å². The summed E-state index contributed by atoms with van der Waals surface area (Å²) in [6, 6.07) is 3.76. The van der Waals surface area contributed by atoms with Gasteiger partial charge in [0.05, 0.1) is 0 Å². The van der Waals surface area contributed by atoms with Gasteiger partial charge in [-0.1, -0.05) is 13.8 Å². The maximum absolute atomic E-state index is 12.1. The maximum atomic E-state index is 12.1. The van der Waals surface area contributed by atoms with Crippen LogP contribution in [0.3, 0.4) is 0 Å². The van der Waals surface area contributed by atoms with Gasteiger partial charge in [-0.15, -0.1) is 0 Å². The highest BCUT2D eigenvalue weighted by molar-refractivity contribution is 5.30. The average molecular weight is 232 g/mol. The van der Waals surface area contributed by atoms with Crippen molar-refractivity contribution >= 4 is 5.82 Å². The molecule has 0 aliphatic rings. The fraction of sp³-hybridized carbons (Fsp3) is 0.333. The van der Waals surface area contributed by atoms with Crippen LogP contribution in [-0.2, 0) is 6.54 Å². The molecule has 2 rings (SSSR count). The lowest BCUT2D eigenvalue weighted by Gasteiger charge is -2.11. The molecule has 0 spiro atoms. The summed E-state index contributed by atoms with van der Waals surface area (Å²) in [5.41, 5.74) is 2.84. The Balaban J connectivity index is 2.26. The van der Waals surface area contributed by atoms with Crippen molar-refractivity contribution < 1.29 is 0 Å². The highest BCUT2D eigenvalue weighted by atomic mass is 16.1. The Morgan fingerprint density at radius 1 is 1.29 bits per heavy atom. The van der Waals surface area contributed by atoms with Crippen LogP contribution in [0.25, 0.3) is 0 Å². The van der Waals surface area contributed by atoms with Gasteiger partial charge in [-0.05, 0) is 18.1 Å². The second-order valence-corrected chi connectivity index (χ2v) is 4.33. The van der Waals surface area contributed by atoms with Crippen molar-refractivity contribution in [1.82, 2.24) is 14.2 Å². The normalized spacial score (nSPS) is 10.8. The van der Waals surface area contributed by atoms with Crippen LogP contribution in [0.1, 0.15) is 13.8 Å². The van der Waals surface area contributed by atoms with Crippen molar-refractivity contribution in [3.05, 3.63) is 47.3 Å². The quantitative estimate of drug-likeness (QED) is 0.870. The van der Waals surface area contributed by atoms with Crippen molar-refractivity contribution in [2.24, 2.45) is 5.92 Å². The second-order valence-electron chi connectivity index (χ2n) is 4.33. The van der Waals surface area contributed by atoms with Gasteiger partial charge in [-0.3, -0.25) is 14.9 Å². The van der Waals surface area contributed by atoms with Gasteiger partial charge in [-0.25, -0.2) is 4.98 Å². The van der Waals surface area contributed by atoms with Gasteiger partial charge in [-0.2, -0.15) is 0 Å². The molecule has 0 aromatic carbocycles. The molecule has 2 aromatic heterocycles. The first-order chi connectivity index (χ1) is 8.16. The minimum Gasteiger partial charge on any atom is -0.311 e. The van der Waals surface area contributed by atoms with E-state index in [2.05, 4.69) is 24.3 Å². The molecule has 0 radical (unpaired) electrons. The van der Waals surface area contributed by atoms with E-state index >= 15 is 0 Å². The molecule has 0 bridgehead atoms. The fourth-order valence-corrected chi connectivity index (χ4v) is 1.59. The summed E-state index contributed by atoms with van der Waals surface area (Å²) >= 11 is 0. The molecule has 2 aromatic rings. The first kappa shape index (κ1) is 11.4. The monoisotopic (exact) mass is 232 g/mol. The third-order valence-electron chi connectivity index (χ3n) is 2.31. The van der Waals surface area contributed by atoms with Gasteiger partial charge >= 0.3 is 0 Å². The van der Waals surface area contributed by atoms with Crippen LogP contribution in [0, 0.1) is 5.92 Å². The molecule has 0 atom stereocenters. The Hall–Kier alpha value is -2.04. The van der Waals surface area contributed by atoms with Gasteiger partial charge < -0.3 is 4.57 Å². The molecule has 0 unspecified atom stereocenters. The molecule has 0 fully saturated rings. The molecule has 0 aliphatic carbocycles. The zero-order valence-electron chi connectivity index (χ0n) is 10.00. The summed E-state index contributed by atoms with van der Waals surface area (Å²) < 4.78 is 3.37. The van der Waals surface area contributed by atoms with Crippen molar-refractivity contribution in [2.45, 2.75) is 20.4 Å². The zero-order valence-corrected chi connectivity index (χ0v) is 10.00. The number of nitrogens with one attached hydrogen (secondary N) is 1. The lowest BCUT2D eigenvalue weighted by Crippen LogP contribution is -2.27. The number of hydrogen-bond donors (Lipinski definition) is 1. The second kappa shape index (κ2) is 4.86. The molecule has 17 heavy (non-hydrogen) atoms. The molecule has 90 valence electrons. The lowest BCUT2D eigenvalue weighted by molar-refractivity contribution is 0.509. The summed E-state index contributed by atoms with van der Waals surface area (Å²) in [6.07, 6.45) is 6.99. The van der Waals surface area contributed by atoms with Crippen LogP contribution in [-0.4, -0.2) is 14.2 Å². The van der Waals surface area contributed by atoms with E-state index in [1.165, 1.54) is 0 Å². The van der Waals surface area contributed by atoms with Crippen molar-refractivity contribution in [3.8, 4) is 0 Å². The Bertz CT molecular complexity index is 528. The Labute approximate surface area is 99.7 Å². The highest BCUT2D eigenvalue weighted by Gasteiger charge is 2.05. The van der Waals surface area contributed by atoms with Gasteiger partial charge in [0.2, 0.25) is 5.82 Å². The topological polar surface area (TPSA) is 51.9 Å². The molecular weight excluding hydrogens is 216 g/mol. The van der Waals surface area contributed by atoms with Crippen molar-refractivity contribution in [2.75, 3.05) is 5.43 Å². The minimum absolute atomic E-state index is 0.102. The summed E-state index contributed by atoms with van der Waals surface area (Å²) in [5.74, 6) is 0.763. The molecule has 5 nitrogen and oxygen atoms in total. The van der Waals surface area contributed by atoms with Gasteiger partial charge in [0.15, 0.2) is 0 Å². The number of hydrogen-bond acceptors (Lipinski definition) is 3. The standard InChI is InChI=1S/C12H16N4O/c1-10(2)9-15-8-5-13-11(12(15)17)14-16-6-3-4-7-16/h3-8,10H,9H2,1-2H3,(H,13,14). The number of rotatable bonds is 4. The summed E-state index contributed by atoms with van der Waals surface area (Å²) in [5, 5.41) is 0. The lowest BCUT2D eigenvalue weighted by atomic mass is 10.2. The van der Waals surface area contributed by atoms with Crippen LogP contribution < -0.4 is 11.0 Å². The summed E-state index contributed by atoms with van der Waals surface area (Å²) in [6.45, 7) is 4.85. The van der Waals surface area contributed by atoms with E-state index in [9.17, 15) is 4.79 Å². The first-order valence-corrected chi connectivity index (χ1v) is 5.62. The molecular formula is C12H16N4O. The zero-order chi connectivity index (χ0) is 12.3. The van der Waals surface area contributed by atoms with Gasteiger partial charge in [0.25, 0.3) is 5.56 Å². The van der Waals surface area contributed by atoms with Crippen LogP contribution in [0.15, 0.2) is 41.7 Å². The van der Waals surface area contributed by atoms with E-state index in [0.29, 0.717) is 18.3 Å². The molecule has 1 N–H and O–H groups in total. The maximum Gasteiger partial charge on any atom is 0.295 e. The van der Waals surface area contributed by atoms with E-state index in [1.807, 2.05) is 24.5 Å². The largest absolute Gasteiger partial charge is 0.311 e. The number of nitrogens with zero attached hydrogens (tertiary/aromatic N) is 3. The molecule has 2 heterocycles. The third kappa shape index (κ3) is 2.75. The smallest absolute Gasteiger partial charge is 0.295 e. The number of aromatic nitrogens is 3. The Kier molecular flexibility index (Phi) is 3.27. The van der Waals surface area contributed by atoms with E-state index in [0.717, 1.165) is 0 Å². The van der Waals surface area contributed by atoms with Crippen LogP contribution in [0.2, 0.25) is 0 Å². The third-order valence-corrected chi connectivity index (χ3v) is 2.31. The molecule has 0 aliphatic heterocycles. The predicted octanol–water partition coefficient (Wildman–Crippen LogP) is 1.58. The van der Waals surface area contributed by atoms with E-state index in [4.69, 9.17) is 0 Å². The Morgan fingerprint density at radius 2 is 2.00 bits per heavy atom. The molecule has 0 saturated heterocycles. The van der Waals surface area contributed by atoms with Crippen LogP contribution in [0.4, 0.5) is 5.82 Å². The fourth-order valence-electron chi connectivity index (χ4n) is 1.59. The van der Waals surface area contributed by atoms with Crippen molar-refractivity contribution in [1.29, 1.82) is 0 Å². The molecule has 0 amide bonds. The van der Waals surface area contributed by atoms with E-state index in [-0.39, 0.29) is 5.56 Å². The Morgan fingerprint density at radius 3 is 2.65 bits per heavy atom. The van der Waals surface area contributed by atoms with E-state index in [1.54, 1.807) is 21.6 Å². The summed E-state index contributed by atoms with van der Waals surface area (Å²) in [4.78, 5) is 16.1. The number of anilines is 1. The SMILES string of the molecule is CC(C)Cn1ccnc(Nn2cccc2)c1=O. The first-order valence-electron chi connectivity index (χ1n) is 5.62. The molecule has 5 heteroatoms. The van der Waals surface area contributed by atoms with Crippen LogP contribution >= 0.6 is 0 Å². The summed E-state index contributed by atoms with van der Waals surface area (Å²) in [7, 11) is 0. The van der Waals surface area contributed by atoms with Gasteiger partial charge in [0, 0.05) is 31.3 Å². The predicted molar refractivity (Wildman–Crippen MR) is 66.8 cm³/mol. The van der Waals surface area contributed by atoms with E-state index < -0.39 is 0 Å². The minimum atomic E-state index is -0.102. The highest BCUT2D eigenvalue weighted by Crippen LogP contribution is 1.99. The van der Waals surface area contributed by atoms with Crippen LogP contribution in [0.5, 0.6) is 0 Å². The molecule has 0 saturated carbocycles. The van der Waals surface area contributed by atoms with Gasteiger partial charge in [0.1, 0.15) is 0 Å².